The van der Waals surface area contributed by atoms with Crippen molar-refractivity contribution < 1.29 is 0 Å². The number of unbranched alkanes of at least 4 members (excludes halogenated alkanes) is 3. The first-order valence-corrected chi connectivity index (χ1v) is 6.70. The molecule has 0 saturated heterocycles. The molecular weight excluding hydrogens is 184 g/mol. The first kappa shape index (κ1) is 14.9. The van der Waals surface area contributed by atoms with Gasteiger partial charge in [-0.05, 0) is 45.4 Å². The smallest absolute Gasteiger partial charge is 0.00230 e. The quantitative estimate of drug-likeness (QED) is 0.517. The molecule has 0 aromatic carbocycles. The molecule has 0 aliphatic rings. The molecule has 1 unspecified atom stereocenters. The Bertz CT molecular complexity index is 115. The van der Waals surface area contributed by atoms with Crippen LogP contribution in [-0.4, -0.2) is 26.7 Å². The van der Waals surface area contributed by atoms with E-state index in [9.17, 15) is 0 Å². The van der Waals surface area contributed by atoms with E-state index in [4.69, 9.17) is 0 Å². The second-order valence-corrected chi connectivity index (χ2v) is 4.42. The first-order valence-electron chi connectivity index (χ1n) is 6.70. The normalized spacial score (nSPS) is 13.0. The fourth-order valence-electron chi connectivity index (χ4n) is 1.98. The van der Waals surface area contributed by atoms with Crippen LogP contribution in [0.25, 0.3) is 0 Å². The van der Waals surface area contributed by atoms with E-state index in [-0.39, 0.29) is 0 Å². The summed E-state index contributed by atoms with van der Waals surface area (Å²) in [5, 5.41) is 6.72. The van der Waals surface area contributed by atoms with Gasteiger partial charge in [0.2, 0.25) is 0 Å². The number of rotatable bonds is 11. The van der Waals surface area contributed by atoms with Crippen molar-refractivity contribution in [3.05, 3.63) is 0 Å². The largest absolute Gasteiger partial charge is 0.319 e. The number of hydrogen-bond acceptors (Lipinski definition) is 2. The van der Waals surface area contributed by atoms with Gasteiger partial charge in [0.1, 0.15) is 0 Å². The monoisotopic (exact) mass is 214 g/mol. The Morgan fingerprint density at radius 2 is 1.80 bits per heavy atom. The van der Waals surface area contributed by atoms with Crippen LogP contribution >= 0.6 is 0 Å². The molecule has 0 saturated carbocycles. The van der Waals surface area contributed by atoms with E-state index >= 15 is 0 Å². The molecule has 2 heteroatoms. The van der Waals surface area contributed by atoms with Gasteiger partial charge in [-0.15, -0.1) is 0 Å². The summed E-state index contributed by atoms with van der Waals surface area (Å²) in [6, 6.07) is 0. The summed E-state index contributed by atoms with van der Waals surface area (Å²) in [6.45, 7) is 7.90. The summed E-state index contributed by atoms with van der Waals surface area (Å²) < 4.78 is 0. The van der Waals surface area contributed by atoms with Crippen molar-refractivity contribution in [1.29, 1.82) is 0 Å². The van der Waals surface area contributed by atoms with Crippen LogP contribution in [-0.2, 0) is 0 Å². The maximum absolute atomic E-state index is 3.41. The summed E-state index contributed by atoms with van der Waals surface area (Å²) in [6.07, 6.45) is 8.28. The van der Waals surface area contributed by atoms with Crippen LogP contribution in [0.2, 0.25) is 0 Å². The lowest BCUT2D eigenvalue weighted by atomic mass is 9.97. The number of nitrogens with one attached hydrogen (secondary N) is 2. The van der Waals surface area contributed by atoms with E-state index in [0.29, 0.717) is 0 Å². The zero-order chi connectivity index (χ0) is 11.4. The minimum absolute atomic E-state index is 0.867. The minimum Gasteiger partial charge on any atom is -0.319 e. The van der Waals surface area contributed by atoms with Crippen molar-refractivity contribution in [2.45, 2.75) is 52.4 Å². The predicted molar refractivity (Wildman–Crippen MR) is 69.3 cm³/mol. The van der Waals surface area contributed by atoms with Gasteiger partial charge in [-0.3, -0.25) is 0 Å². The lowest BCUT2D eigenvalue weighted by molar-refractivity contribution is 0.403. The van der Waals surface area contributed by atoms with Crippen molar-refractivity contribution in [1.82, 2.24) is 10.6 Å². The molecule has 2 nitrogen and oxygen atoms in total. The van der Waals surface area contributed by atoms with Crippen LogP contribution in [0.3, 0.4) is 0 Å². The molecule has 0 heterocycles. The standard InChI is InChI=1S/C13H30N2/c1-4-6-7-8-9-13(12-14-3)10-11-15-5-2/h13-15H,4-12H2,1-3H3. The third-order valence-electron chi connectivity index (χ3n) is 2.94. The average Bonchev–Trinajstić information content (AvgIpc) is 2.24. The van der Waals surface area contributed by atoms with Gasteiger partial charge in [0, 0.05) is 0 Å². The van der Waals surface area contributed by atoms with E-state index in [2.05, 4.69) is 31.5 Å². The molecule has 15 heavy (non-hydrogen) atoms. The summed E-state index contributed by atoms with van der Waals surface area (Å²) in [5.74, 6) is 0.867. The highest BCUT2D eigenvalue weighted by Gasteiger charge is 2.06. The highest BCUT2D eigenvalue weighted by molar-refractivity contribution is 4.63. The SMILES string of the molecule is CCCCCCC(CCNCC)CNC. The Labute approximate surface area is 96.2 Å². The molecule has 0 amide bonds. The van der Waals surface area contributed by atoms with E-state index in [1.807, 2.05) is 0 Å². The fraction of sp³-hybridized carbons (Fsp3) is 1.00. The molecular formula is C13H30N2. The average molecular weight is 214 g/mol. The van der Waals surface area contributed by atoms with Crippen molar-refractivity contribution in [3.8, 4) is 0 Å². The third-order valence-corrected chi connectivity index (χ3v) is 2.94. The van der Waals surface area contributed by atoms with Crippen LogP contribution in [0.15, 0.2) is 0 Å². The molecule has 0 aromatic heterocycles. The number of hydrogen-bond donors (Lipinski definition) is 2. The van der Waals surface area contributed by atoms with E-state index in [1.54, 1.807) is 0 Å². The Kier molecular flexibility index (Phi) is 11.9. The summed E-state index contributed by atoms with van der Waals surface area (Å²) in [7, 11) is 2.06. The molecule has 0 fully saturated rings. The van der Waals surface area contributed by atoms with Gasteiger partial charge < -0.3 is 10.6 Å². The molecule has 0 aromatic rings. The fourth-order valence-corrected chi connectivity index (χ4v) is 1.98. The summed E-state index contributed by atoms with van der Waals surface area (Å²) in [4.78, 5) is 0. The Morgan fingerprint density at radius 1 is 1.00 bits per heavy atom. The predicted octanol–water partition coefficient (Wildman–Crippen LogP) is 2.79. The van der Waals surface area contributed by atoms with Gasteiger partial charge in [-0.1, -0.05) is 39.5 Å². The Balaban J connectivity index is 3.44. The Morgan fingerprint density at radius 3 is 2.40 bits per heavy atom. The molecule has 0 aliphatic heterocycles. The second-order valence-electron chi connectivity index (χ2n) is 4.42. The van der Waals surface area contributed by atoms with Crippen molar-refractivity contribution in [2.75, 3.05) is 26.7 Å². The van der Waals surface area contributed by atoms with Gasteiger partial charge >= 0.3 is 0 Å². The molecule has 1 atom stereocenters. The summed E-state index contributed by atoms with van der Waals surface area (Å²) >= 11 is 0. The molecule has 92 valence electrons. The van der Waals surface area contributed by atoms with Crippen LogP contribution in [0.4, 0.5) is 0 Å². The van der Waals surface area contributed by atoms with Gasteiger partial charge in [0.05, 0.1) is 0 Å². The molecule has 0 aliphatic carbocycles. The van der Waals surface area contributed by atoms with Crippen molar-refractivity contribution in [2.24, 2.45) is 5.92 Å². The molecule has 2 N–H and O–H groups in total. The minimum atomic E-state index is 0.867. The zero-order valence-corrected chi connectivity index (χ0v) is 10.9. The van der Waals surface area contributed by atoms with Gasteiger partial charge in [0.15, 0.2) is 0 Å². The maximum atomic E-state index is 3.41. The van der Waals surface area contributed by atoms with E-state index in [1.165, 1.54) is 51.6 Å². The van der Waals surface area contributed by atoms with Crippen LogP contribution in [0.1, 0.15) is 52.4 Å². The summed E-state index contributed by atoms with van der Waals surface area (Å²) in [5.41, 5.74) is 0. The van der Waals surface area contributed by atoms with E-state index in [0.717, 1.165) is 12.5 Å². The van der Waals surface area contributed by atoms with Crippen molar-refractivity contribution in [3.63, 3.8) is 0 Å². The maximum Gasteiger partial charge on any atom is -0.00230 e. The lowest BCUT2D eigenvalue weighted by Gasteiger charge is -2.16. The third kappa shape index (κ3) is 10.2. The Hall–Kier alpha value is -0.0800. The first-order chi connectivity index (χ1) is 7.35. The zero-order valence-electron chi connectivity index (χ0n) is 10.9. The van der Waals surface area contributed by atoms with Gasteiger partial charge in [-0.25, -0.2) is 0 Å². The van der Waals surface area contributed by atoms with E-state index < -0.39 is 0 Å². The van der Waals surface area contributed by atoms with Gasteiger partial charge in [-0.2, -0.15) is 0 Å². The molecule has 0 rings (SSSR count). The lowest BCUT2D eigenvalue weighted by Crippen LogP contribution is -2.24. The van der Waals surface area contributed by atoms with Crippen LogP contribution in [0, 0.1) is 5.92 Å². The van der Waals surface area contributed by atoms with Crippen molar-refractivity contribution >= 4 is 0 Å². The molecule has 0 radical (unpaired) electrons. The molecule has 0 spiro atoms. The highest BCUT2D eigenvalue weighted by atomic mass is 14.8. The van der Waals surface area contributed by atoms with Crippen LogP contribution < -0.4 is 10.6 Å². The van der Waals surface area contributed by atoms with Crippen LogP contribution in [0.5, 0.6) is 0 Å². The second kappa shape index (κ2) is 12.0. The topological polar surface area (TPSA) is 24.1 Å². The van der Waals surface area contributed by atoms with Gasteiger partial charge in [0.25, 0.3) is 0 Å². The molecule has 0 bridgehead atoms. The highest BCUT2D eigenvalue weighted by Crippen LogP contribution is 2.13.